The highest BCUT2D eigenvalue weighted by molar-refractivity contribution is 6.32. The summed E-state index contributed by atoms with van der Waals surface area (Å²) in [5.41, 5.74) is 3.51. The molecule has 0 N–H and O–H groups in total. The fourth-order valence-corrected chi connectivity index (χ4v) is 2.31. The van der Waals surface area contributed by atoms with E-state index in [1.165, 1.54) is 5.56 Å². The van der Waals surface area contributed by atoms with Crippen LogP contribution in [-0.4, -0.2) is 5.78 Å². The van der Waals surface area contributed by atoms with E-state index in [0.717, 1.165) is 5.56 Å². The van der Waals surface area contributed by atoms with Crippen LogP contribution in [0.3, 0.4) is 0 Å². The predicted octanol–water partition coefficient (Wildman–Crippen LogP) is 5.18. The van der Waals surface area contributed by atoms with E-state index in [9.17, 15) is 4.79 Å². The van der Waals surface area contributed by atoms with Gasteiger partial charge in [-0.15, -0.1) is 0 Å². The van der Waals surface area contributed by atoms with Crippen LogP contribution in [0.1, 0.15) is 47.8 Å². The highest BCUT2D eigenvalue weighted by Crippen LogP contribution is 2.25. The lowest BCUT2D eigenvalue weighted by atomic mass is 9.86. The van der Waals surface area contributed by atoms with Crippen LogP contribution < -0.4 is 0 Å². The number of hydrogen-bond acceptors (Lipinski definition) is 1. The minimum Gasteiger partial charge on any atom is -0.289 e. The third-order valence-electron chi connectivity index (χ3n) is 3.53. The summed E-state index contributed by atoms with van der Waals surface area (Å²) >= 11 is 6.08. The van der Waals surface area contributed by atoms with Crippen LogP contribution in [-0.2, 0) is 5.41 Å². The van der Waals surface area contributed by atoms with Gasteiger partial charge in [0.25, 0.3) is 0 Å². The molecule has 0 aromatic heterocycles. The molecule has 0 fully saturated rings. The van der Waals surface area contributed by atoms with Crippen LogP contribution in [0.2, 0.25) is 5.02 Å². The summed E-state index contributed by atoms with van der Waals surface area (Å²) in [4.78, 5) is 12.5. The molecule has 0 atom stereocenters. The molecule has 2 aromatic rings. The Morgan fingerprint density at radius 3 is 2.15 bits per heavy atom. The monoisotopic (exact) mass is 286 g/mol. The highest BCUT2D eigenvalue weighted by atomic mass is 35.5. The predicted molar refractivity (Wildman–Crippen MR) is 84.8 cm³/mol. The molecule has 0 aliphatic heterocycles. The number of carbonyl (C=O) groups excluding carboxylic acids is 1. The van der Waals surface area contributed by atoms with E-state index in [0.29, 0.717) is 16.1 Å². The lowest BCUT2D eigenvalue weighted by Gasteiger charge is -2.19. The molecule has 2 aromatic carbocycles. The first kappa shape index (κ1) is 14.8. The van der Waals surface area contributed by atoms with Crippen LogP contribution in [0.15, 0.2) is 42.5 Å². The van der Waals surface area contributed by atoms with Crippen LogP contribution in [0, 0.1) is 6.92 Å². The first-order chi connectivity index (χ1) is 9.30. The summed E-state index contributed by atoms with van der Waals surface area (Å²) in [7, 11) is 0. The Balaban J connectivity index is 2.37. The van der Waals surface area contributed by atoms with Gasteiger partial charge in [-0.25, -0.2) is 0 Å². The first-order valence-corrected chi connectivity index (χ1v) is 7.09. The molecule has 1 nitrogen and oxygen atoms in total. The zero-order chi connectivity index (χ0) is 14.9. The minimum absolute atomic E-state index is 0.0189. The zero-order valence-electron chi connectivity index (χ0n) is 12.3. The van der Waals surface area contributed by atoms with Crippen molar-refractivity contribution < 1.29 is 4.79 Å². The second kappa shape index (κ2) is 5.41. The molecule has 20 heavy (non-hydrogen) atoms. The van der Waals surface area contributed by atoms with E-state index in [1.54, 1.807) is 6.07 Å². The lowest BCUT2D eigenvalue weighted by Crippen LogP contribution is -2.11. The van der Waals surface area contributed by atoms with Gasteiger partial charge >= 0.3 is 0 Å². The number of benzene rings is 2. The van der Waals surface area contributed by atoms with Crippen LogP contribution >= 0.6 is 11.6 Å². The van der Waals surface area contributed by atoms with E-state index in [-0.39, 0.29) is 11.2 Å². The summed E-state index contributed by atoms with van der Waals surface area (Å²) in [5, 5.41) is 0.627. The van der Waals surface area contributed by atoms with Gasteiger partial charge in [0.15, 0.2) is 5.78 Å². The number of ketones is 1. The van der Waals surface area contributed by atoms with Gasteiger partial charge in [-0.05, 0) is 29.5 Å². The third kappa shape index (κ3) is 2.94. The SMILES string of the molecule is Cc1c(Cl)cccc1C(=O)c1ccc(C(C)(C)C)cc1. The smallest absolute Gasteiger partial charge is 0.193 e. The van der Waals surface area contributed by atoms with Crippen LogP contribution in [0.4, 0.5) is 0 Å². The van der Waals surface area contributed by atoms with E-state index in [1.807, 2.05) is 43.3 Å². The number of halogens is 1. The Hall–Kier alpha value is -1.60. The Kier molecular flexibility index (Phi) is 4.01. The number of rotatable bonds is 2. The quantitative estimate of drug-likeness (QED) is 0.696. The van der Waals surface area contributed by atoms with Gasteiger partial charge in [0.05, 0.1) is 0 Å². The topological polar surface area (TPSA) is 17.1 Å². The van der Waals surface area contributed by atoms with Crippen molar-refractivity contribution in [3.63, 3.8) is 0 Å². The Morgan fingerprint density at radius 2 is 1.60 bits per heavy atom. The second-order valence-electron chi connectivity index (χ2n) is 6.07. The van der Waals surface area contributed by atoms with Gasteiger partial charge < -0.3 is 0 Å². The van der Waals surface area contributed by atoms with Gasteiger partial charge in [-0.2, -0.15) is 0 Å². The molecule has 0 spiro atoms. The molecule has 0 aliphatic carbocycles. The molecule has 2 heteroatoms. The van der Waals surface area contributed by atoms with Crippen LogP contribution in [0.5, 0.6) is 0 Å². The van der Waals surface area contributed by atoms with Gasteiger partial charge in [0, 0.05) is 16.1 Å². The largest absolute Gasteiger partial charge is 0.289 e. The fraction of sp³-hybridized carbons (Fsp3) is 0.278. The average molecular weight is 287 g/mol. The van der Waals surface area contributed by atoms with E-state index >= 15 is 0 Å². The van der Waals surface area contributed by atoms with Crippen molar-refractivity contribution in [2.75, 3.05) is 0 Å². The Labute approximate surface area is 125 Å². The standard InChI is InChI=1S/C18H19ClO/c1-12-15(6-5-7-16(12)19)17(20)13-8-10-14(11-9-13)18(2,3)4/h5-11H,1-4H3. The highest BCUT2D eigenvalue weighted by Gasteiger charge is 2.16. The zero-order valence-corrected chi connectivity index (χ0v) is 13.1. The molecule has 2 rings (SSSR count). The summed E-state index contributed by atoms with van der Waals surface area (Å²) in [5.74, 6) is 0.0189. The second-order valence-corrected chi connectivity index (χ2v) is 6.48. The van der Waals surface area contributed by atoms with Crippen molar-refractivity contribution in [2.24, 2.45) is 0 Å². The summed E-state index contributed by atoms with van der Waals surface area (Å²) < 4.78 is 0. The number of carbonyl (C=O) groups is 1. The van der Waals surface area contributed by atoms with Gasteiger partial charge in [0.1, 0.15) is 0 Å². The van der Waals surface area contributed by atoms with Crippen molar-refractivity contribution in [2.45, 2.75) is 33.1 Å². The Morgan fingerprint density at radius 1 is 1.00 bits per heavy atom. The van der Waals surface area contributed by atoms with Gasteiger partial charge in [-0.1, -0.05) is 68.8 Å². The van der Waals surface area contributed by atoms with Crippen molar-refractivity contribution in [1.29, 1.82) is 0 Å². The van der Waals surface area contributed by atoms with Crippen molar-refractivity contribution in [1.82, 2.24) is 0 Å². The van der Waals surface area contributed by atoms with E-state index < -0.39 is 0 Å². The molecule has 0 radical (unpaired) electrons. The number of hydrogen-bond donors (Lipinski definition) is 0. The van der Waals surface area contributed by atoms with Gasteiger partial charge in [0.2, 0.25) is 0 Å². The average Bonchev–Trinajstić information content (AvgIpc) is 2.40. The minimum atomic E-state index is 0.0189. The molecule has 0 bridgehead atoms. The maximum Gasteiger partial charge on any atom is 0.193 e. The van der Waals surface area contributed by atoms with Crippen molar-refractivity contribution in [3.8, 4) is 0 Å². The molecule has 0 aliphatic rings. The fourth-order valence-electron chi connectivity index (χ4n) is 2.13. The molecular weight excluding hydrogens is 268 g/mol. The molecule has 0 amide bonds. The van der Waals surface area contributed by atoms with Gasteiger partial charge in [-0.3, -0.25) is 4.79 Å². The maximum absolute atomic E-state index is 12.5. The maximum atomic E-state index is 12.5. The van der Waals surface area contributed by atoms with E-state index in [2.05, 4.69) is 20.8 Å². The summed E-state index contributed by atoms with van der Waals surface area (Å²) in [6.45, 7) is 8.35. The first-order valence-electron chi connectivity index (χ1n) is 6.71. The molecular formula is C18H19ClO. The molecule has 0 saturated carbocycles. The summed E-state index contributed by atoms with van der Waals surface area (Å²) in [6.07, 6.45) is 0. The normalized spacial score (nSPS) is 11.4. The third-order valence-corrected chi connectivity index (χ3v) is 3.93. The van der Waals surface area contributed by atoms with E-state index in [4.69, 9.17) is 11.6 Å². The lowest BCUT2D eigenvalue weighted by molar-refractivity contribution is 0.103. The van der Waals surface area contributed by atoms with Crippen molar-refractivity contribution in [3.05, 3.63) is 69.7 Å². The summed E-state index contributed by atoms with van der Waals surface area (Å²) in [6, 6.07) is 13.3. The molecule has 0 unspecified atom stereocenters. The molecule has 0 heterocycles. The van der Waals surface area contributed by atoms with Crippen LogP contribution in [0.25, 0.3) is 0 Å². The molecule has 0 saturated heterocycles. The Bertz CT molecular complexity index is 633. The van der Waals surface area contributed by atoms with Crippen molar-refractivity contribution >= 4 is 17.4 Å². The molecule has 104 valence electrons.